The van der Waals surface area contributed by atoms with Crippen LogP contribution in [-0.4, -0.2) is 12.3 Å². The van der Waals surface area contributed by atoms with Gasteiger partial charge in [0.05, 0.1) is 0 Å². The van der Waals surface area contributed by atoms with Crippen molar-refractivity contribution in [3.05, 3.63) is 0 Å². The van der Waals surface area contributed by atoms with Crippen molar-refractivity contribution < 1.29 is 4.79 Å². The highest BCUT2D eigenvalue weighted by Crippen LogP contribution is 2.20. The third kappa shape index (κ3) is 1.79. The van der Waals surface area contributed by atoms with Crippen LogP contribution in [0.4, 0.5) is 0 Å². The fourth-order valence-electron chi connectivity index (χ4n) is 1.33. The lowest BCUT2D eigenvalue weighted by Crippen LogP contribution is -2.28. The predicted molar refractivity (Wildman–Crippen MR) is 35.6 cm³/mol. The molecule has 2 unspecified atom stereocenters. The Labute approximate surface area is 55.4 Å². The Kier molecular flexibility index (Phi) is 2.22. The summed E-state index contributed by atoms with van der Waals surface area (Å²) in [4.78, 5) is 10.1. The molecule has 2 nitrogen and oxygen atoms in total. The van der Waals surface area contributed by atoms with E-state index >= 15 is 0 Å². The van der Waals surface area contributed by atoms with Crippen LogP contribution in [0.3, 0.4) is 0 Å². The highest BCUT2D eigenvalue weighted by Gasteiger charge is 2.18. The van der Waals surface area contributed by atoms with E-state index in [2.05, 4.69) is 0 Å². The fraction of sp³-hybridized carbons (Fsp3) is 0.857. The van der Waals surface area contributed by atoms with Crippen LogP contribution in [0.5, 0.6) is 0 Å². The highest BCUT2D eigenvalue weighted by atomic mass is 16.1. The van der Waals surface area contributed by atoms with Crippen molar-refractivity contribution in [3.63, 3.8) is 0 Å². The molecule has 1 aliphatic carbocycles. The molecule has 51 valence electrons. The summed E-state index contributed by atoms with van der Waals surface area (Å²) in [6.45, 7) is 0. The van der Waals surface area contributed by atoms with Crippen molar-refractivity contribution in [1.29, 1.82) is 0 Å². The number of hydrogen-bond acceptors (Lipinski definition) is 2. The molecule has 1 saturated carbocycles. The first-order chi connectivity index (χ1) is 4.33. The summed E-state index contributed by atoms with van der Waals surface area (Å²) >= 11 is 0. The van der Waals surface area contributed by atoms with Crippen LogP contribution < -0.4 is 5.73 Å². The monoisotopic (exact) mass is 126 g/mol. The molecule has 0 bridgehead atoms. The molecule has 2 atom stereocenters. The van der Waals surface area contributed by atoms with E-state index < -0.39 is 0 Å². The first kappa shape index (κ1) is 6.75. The van der Waals surface area contributed by atoms with Gasteiger partial charge in [0.2, 0.25) is 6.29 Å². The number of nitrogens with two attached hydrogens (primary N) is 1. The van der Waals surface area contributed by atoms with Crippen LogP contribution >= 0.6 is 0 Å². The molecule has 2 N–H and O–H groups in total. The average molecular weight is 126 g/mol. The quantitative estimate of drug-likeness (QED) is 0.559. The van der Waals surface area contributed by atoms with Gasteiger partial charge in [0.1, 0.15) is 0 Å². The zero-order valence-corrected chi connectivity index (χ0v) is 5.47. The minimum absolute atomic E-state index is 0.133. The average Bonchev–Trinajstić information content (AvgIpc) is 1.88. The Morgan fingerprint density at radius 2 is 2.22 bits per heavy atom. The SMILES string of the molecule is NC1CCCC([C]=O)C1. The lowest BCUT2D eigenvalue weighted by atomic mass is 9.87. The van der Waals surface area contributed by atoms with Crippen LogP contribution in [0.2, 0.25) is 0 Å². The normalized spacial score (nSPS) is 36.1. The van der Waals surface area contributed by atoms with Gasteiger partial charge in [-0.05, 0) is 19.3 Å². The Morgan fingerprint density at radius 3 is 2.67 bits per heavy atom. The van der Waals surface area contributed by atoms with E-state index in [9.17, 15) is 4.79 Å². The van der Waals surface area contributed by atoms with Crippen LogP contribution in [0, 0.1) is 5.92 Å². The van der Waals surface area contributed by atoms with E-state index in [-0.39, 0.29) is 12.0 Å². The molecule has 0 aromatic heterocycles. The van der Waals surface area contributed by atoms with Crippen molar-refractivity contribution in [2.45, 2.75) is 31.7 Å². The van der Waals surface area contributed by atoms with E-state index in [0.717, 1.165) is 25.7 Å². The molecule has 0 saturated heterocycles. The van der Waals surface area contributed by atoms with Crippen LogP contribution in [-0.2, 0) is 4.79 Å². The summed E-state index contributed by atoms with van der Waals surface area (Å²) in [5.74, 6) is 0.133. The standard InChI is InChI=1S/C7H12NO/c8-7-3-1-2-6(4-7)5-9/h6-7H,1-4,8H2. The van der Waals surface area contributed by atoms with Gasteiger partial charge in [-0.15, -0.1) is 0 Å². The highest BCUT2D eigenvalue weighted by molar-refractivity contribution is 5.54. The van der Waals surface area contributed by atoms with E-state index in [4.69, 9.17) is 5.73 Å². The topological polar surface area (TPSA) is 43.1 Å². The molecule has 1 aliphatic rings. The third-order valence-corrected chi connectivity index (χ3v) is 1.88. The van der Waals surface area contributed by atoms with Gasteiger partial charge in [-0.2, -0.15) is 0 Å². The largest absolute Gasteiger partial charge is 0.328 e. The molecule has 0 amide bonds. The van der Waals surface area contributed by atoms with E-state index in [1.807, 2.05) is 6.29 Å². The Hall–Kier alpha value is -0.370. The second-order valence-corrected chi connectivity index (χ2v) is 2.74. The minimum atomic E-state index is 0.133. The van der Waals surface area contributed by atoms with Crippen molar-refractivity contribution in [1.82, 2.24) is 0 Å². The summed E-state index contributed by atoms with van der Waals surface area (Å²) in [5, 5.41) is 0. The molecule has 0 aromatic rings. The number of carbonyl (C=O) groups excluding carboxylic acids is 1. The smallest absolute Gasteiger partial charge is 0.201 e. The first-order valence-corrected chi connectivity index (χ1v) is 3.46. The molecule has 0 aromatic carbocycles. The van der Waals surface area contributed by atoms with E-state index in [1.165, 1.54) is 0 Å². The first-order valence-electron chi connectivity index (χ1n) is 3.46. The Balaban J connectivity index is 2.31. The second kappa shape index (κ2) is 2.97. The summed E-state index contributed by atoms with van der Waals surface area (Å²) in [5.41, 5.74) is 5.62. The molecule has 2 heteroatoms. The maximum Gasteiger partial charge on any atom is 0.201 e. The van der Waals surface area contributed by atoms with Gasteiger partial charge >= 0.3 is 0 Å². The Bertz CT molecular complexity index is 103. The van der Waals surface area contributed by atoms with Crippen LogP contribution in [0.1, 0.15) is 25.7 Å². The number of hydrogen-bond donors (Lipinski definition) is 1. The zero-order chi connectivity index (χ0) is 6.69. The third-order valence-electron chi connectivity index (χ3n) is 1.88. The van der Waals surface area contributed by atoms with Gasteiger partial charge in [-0.3, -0.25) is 4.79 Å². The lowest BCUT2D eigenvalue weighted by Gasteiger charge is -2.21. The minimum Gasteiger partial charge on any atom is -0.328 e. The van der Waals surface area contributed by atoms with Crippen molar-refractivity contribution in [3.8, 4) is 0 Å². The summed E-state index contributed by atoms with van der Waals surface area (Å²) in [6.07, 6.45) is 6.03. The van der Waals surface area contributed by atoms with Crippen molar-refractivity contribution in [2.75, 3.05) is 0 Å². The van der Waals surface area contributed by atoms with Crippen molar-refractivity contribution >= 4 is 6.29 Å². The van der Waals surface area contributed by atoms with Crippen molar-refractivity contribution in [2.24, 2.45) is 11.7 Å². The molecule has 0 heterocycles. The van der Waals surface area contributed by atoms with E-state index in [0.29, 0.717) is 0 Å². The van der Waals surface area contributed by atoms with Gasteiger partial charge in [-0.1, -0.05) is 6.42 Å². The van der Waals surface area contributed by atoms with Crippen LogP contribution in [0.15, 0.2) is 0 Å². The van der Waals surface area contributed by atoms with E-state index in [1.54, 1.807) is 0 Å². The Morgan fingerprint density at radius 1 is 1.44 bits per heavy atom. The number of rotatable bonds is 1. The van der Waals surface area contributed by atoms with Gasteiger partial charge in [0, 0.05) is 12.0 Å². The molecule has 9 heavy (non-hydrogen) atoms. The maximum absolute atomic E-state index is 10.1. The van der Waals surface area contributed by atoms with Gasteiger partial charge in [0.15, 0.2) is 0 Å². The van der Waals surface area contributed by atoms with Gasteiger partial charge < -0.3 is 5.73 Å². The maximum atomic E-state index is 10.1. The molecular formula is C7H12NO. The molecule has 1 radical (unpaired) electrons. The summed E-state index contributed by atoms with van der Waals surface area (Å²) < 4.78 is 0. The second-order valence-electron chi connectivity index (χ2n) is 2.74. The lowest BCUT2D eigenvalue weighted by molar-refractivity contribution is 0.374. The summed E-state index contributed by atoms with van der Waals surface area (Å²) in [6, 6.07) is 0.255. The molecule has 0 spiro atoms. The predicted octanol–water partition coefficient (Wildman–Crippen LogP) is 0.614. The molecule has 0 aliphatic heterocycles. The van der Waals surface area contributed by atoms with Gasteiger partial charge in [0.25, 0.3) is 0 Å². The van der Waals surface area contributed by atoms with Gasteiger partial charge in [-0.25, -0.2) is 0 Å². The molecular weight excluding hydrogens is 114 g/mol. The fourth-order valence-corrected chi connectivity index (χ4v) is 1.33. The molecule has 1 rings (SSSR count). The van der Waals surface area contributed by atoms with Crippen LogP contribution in [0.25, 0.3) is 0 Å². The zero-order valence-electron chi connectivity index (χ0n) is 5.47. The molecule has 1 fully saturated rings. The summed E-state index contributed by atoms with van der Waals surface area (Å²) in [7, 11) is 0.